The third kappa shape index (κ3) is 3.68. The van der Waals surface area contributed by atoms with Crippen molar-refractivity contribution in [3.63, 3.8) is 0 Å². The van der Waals surface area contributed by atoms with Gasteiger partial charge in [0.25, 0.3) is 5.56 Å². The van der Waals surface area contributed by atoms with Gasteiger partial charge in [-0.1, -0.05) is 18.2 Å². The first-order valence-electron chi connectivity index (χ1n) is 9.76. The van der Waals surface area contributed by atoms with Crippen LogP contribution in [0.1, 0.15) is 18.1 Å². The maximum Gasteiger partial charge on any atom is 0.416 e. The Balaban J connectivity index is 1.88. The van der Waals surface area contributed by atoms with Crippen molar-refractivity contribution in [2.45, 2.75) is 26.2 Å². The van der Waals surface area contributed by atoms with E-state index >= 15 is 0 Å². The van der Waals surface area contributed by atoms with Crippen molar-refractivity contribution in [1.82, 2.24) is 18.7 Å². The van der Waals surface area contributed by atoms with E-state index < -0.39 is 23.0 Å². The highest BCUT2D eigenvalue weighted by atomic mass is 19.4. The number of methoxy groups -OCH3 is 1. The Morgan fingerprint density at radius 2 is 1.78 bits per heavy atom. The van der Waals surface area contributed by atoms with Crippen LogP contribution in [-0.2, 0) is 19.3 Å². The average molecular weight is 444 g/mol. The summed E-state index contributed by atoms with van der Waals surface area (Å²) in [6.45, 7) is 1.94. The molecule has 2 heterocycles. The smallest absolute Gasteiger partial charge is 0.416 e. The van der Waals surface area contributed by atoms with Gasteiger partial charge in [0, 0.05) is 19.2 Å². The van der Waals surface area contributed by atoms with Crippen molar-refractivity contribution in [1.29, 1.82) is 0 Å². The van der Waals surface area contributed by atoms with Gasteiger partial charge < -0.3 is 9.30 Å². The van der Waals surface area contributed by atoms with E-state index in [1.54, 1.807) is 31.2 Å². The van der Waals surface area contributed by atoms with Crippen LogP contribution < -0.4 is 16.0 Å². The van der Waals surface area contributed by atoms with Gasteiger partial charge in [-0.2, -0.15) is 13.2 Å². The van der Waals surface area contributed by atoms with E-state index in [-0.39, 0.29) is 24.3 Å². The Bertz CT molecular complexity index is 1400. The van der Waals surface area contributed by atoms with Gasteiger partial charge in [0.2, 0.25) is 0 Å². The minimum atomic E-state index is -4.43. The van der Waals surface area contributed by atoms with Crippen LogP contribution in [0.25, 0.3) is 16.9 Å². The minimum Gasteiger partial charge on any atom is -0.497 e. The molecule has 0 saturated carbocycles. The van der Waals surface area contributed by atoms with E-state index in [2.05, 4.69) is 4.98 Å². The molecule has 0 N–H and O–H groups in total. The molecule has 0 spiro atoms. The molecule has 0 aliphatic carbocycles. The lowest BCUT2D eigenvalue weighted by Crippen LogP contribution is -2.39. The molecule has 4 aromatic rings. The number of fused-ring (bicyclic) bond motifs is 1. The van der Waals surface area contributed by atoms with Crippen LogP contribution in [0.5, 0.6) is 5.75 Å². The summed E-state index contributed by atoms with van der Waals surface area (Å²) in [5.41, 5.74) is -0.453. The Morgan fingerprint density at radius 1 is 1.06 bits per heavy atom. The zero-order chi connectivity index (χ0) is 23.0. The third-order valence-electron chi connectivity index (χ3n) is 5.16. The van der Waals surface area contributed by atoms with Crippen molar-refractivity contribution in [2.24, 2.45) is 0 Å². The molecule has 7 nitrogen and oxygen atoms in total. The summed E-state index contributed by atoms with van der Waals surface area (Å²) in [6, 6.07) is 11.5. The first-order valence-corrected chi connectivity index (χ1v) is 9.76. The zero-order valence-electron chi connectivity index (χ0n) is 17.3. The zero-order valence-corrected chi connectivity index (χ0v) is 17.3. The van der Waals surface area contributed by atoms with Gasteiger partial charge in [-0.25, -0.2) is 14.3 Å². The first-order chi connectivity index (χ1) is 15.2. The molecule has 32 heavy (non-hydrogen) atoms. The van der Waals surface area contributed by atoms with Crippen molar-refractivity contribution in [2.75, 3.05) is 7.11 Å². The second kappa shape index (κ2) is 8.03. The molecular weight excluding hydrogens is 425 g/mol. The fourth-order valence-corrected chi connectivity index (χ4v) is 3.56. The van der Waals surface area contributed by atoms with E-state index in [1.165, 1.54) is 34.7 Å². The summed E-state index contributed by atoms with van der Waals surface area (Å²) in [5.74, 6) is 0.529. The van der Waals surface area contributed by atoms with E-state index in [9.17, 15) is 22.8 Å². The van der Waals surface area contributed by atoms with Crippen molar-refractivity contribution in [3.8, 4) is 11.4 Å². The van der Waals surface area contributed by atoms with Gasteiger partial charge in [-0.3, -0.25) is 9.36 Å². The number of imidazole rings is 1. The van der Waals surface area contributed by atoms with Gasteiger partial charge in [-0.15, -0.1) is 0 Å². The molecule has 0 bridgehead atoms. The van der Waals surface area contributed by atoms with E-state index in [1.807, 2.05) is 0 Å². The number of ether oxygens (including phenoxy) is 1. The lowest BCUT2D eigenvalue weighted by molar-refractivity contribution is -0.137. The molecule has 2 aromatic carbocycles. The number of benzene rings is 2. The monoisotopic (exact) mass is 444 g/mol. The molecule has 0 aliphatic heterocycles. The number of hydrogen-bond acceptors (Lipinski definition) is 4. The maximum atomic E-state index is 13.1. The summed E-state index contributed by atoms with van der Waals surface area (Å²) in [5, 5.41) is 0. The molecule has 0 amide bonds. The van der Waals surface area contributed by atoms with Crippen LogP contribution in [-0.4, -0.2) is 25.8 Å². The lowest BCUT2D eigenvalue weighted by Gasteiger charge is -2.12. The van der Waals surface area contributed by atoms with Gasteiger partial charge in [0.05, 0.1) is 24.7 Å². The van der Waals surface area contributed by atoms with Crippen molar-refractivity contribution in [3.05, 3.63) is 86.8 Å². The standard InChI is InChI=1S/C22H19F3N4O3/c1-3-28-20(30)18-19(29(21(28)31)16-5-4-6-17(11-16)32-2)26-13-27(18)12-14-7-9-15(10-8-14)22(23,24)25/h4-11,13H,3,12H2,1-2H3. The predicted molar refractivity (Wildman–Crippen MR) is 112 cm³/mol. The normalized spacial score (nSPS) is 11.8. The summed E-state index contributed by atoms with van der Waals surface area (Å²) in [6.07, 6.45) is -3.03. The van der Waals surface area contributed by atoms with Gasteiger partial charge in [0.1, 0.15) is 5.75 Å². The highest BCUT2D eigenvalue weighted by Gasteiger charge is 2.30. The molecule has 0 fully saturated rings. The topological polar surface area (TPSA) is 71.1 Å². The van der Waals surface area contributed by atoms with Crippen LogP contribution in [0.4, 0.5) is 13.2 Å². The first kappa shape index (κ1) is 21.4. The highest BCUT2D eigenvalue weighted by molar-refractivity contribution is 5.72. The summed E-state index contributed by atoms with van der Waals surface area (Å²) >= 11 is 0. The van der Waals surface area contributed by atoms with Crippen molar-refractivity contribution >= 4 is 11.2 Å². The molecular formula is C22H19F3N4O3. The molecule has 166 valence electrons. The summed E-state index contributed by atoms with van der Waals surface area (Å²) in [4.78, 5) is 30.4. The Morgan fingerprint density at radius 3 is 2.41 bits per heavy atom. The van der Waals surface area contributed by atoms with Gasteiger partial charge in [0.15, 0.2) is 11.2 Å². The van der Waals surface area contributed by atoms with E-state index in [0.29, 0.717) is 17.0 Å². The van der Waals surface area contributed by atoms with Gasteiger partial charge >= 0.3 is 11.9 Å². The van der Waals surface area contributed by atoms with E-state index in [0.717, 1.165) is 16.7 Å². The number of hydrogen-bond donors (Lipinski definition) is 0. The summed E-state index contributed by atoms with van der Waals surface area (Å²) in [7, 11) is 1.50. The SMILES string of the molecule is CCn1c(=O)c2c(ncn2Cc2ccc(C(F)(F)F)cc2)n(-c2cccc(OC)c2)c1=O. The fraction of sp³-hybridized carbons (Fsp3) is 0.227. The Kier molecular flexibility index (Phi) is 5.37. The highest BCUT2D eigenvalue weighted by Crippen LogP contribution is 2.29. The summed E-state index contributed by atoms with van der Waals surface area (Å²) < 4.78 is 47.7. The van der Waals surface area contributed by atoms with Gasteiger partial charge in [-0.05, 0) is 36.8 Å². The number of halogens is 3. The van der Waals surface area contributed by atoms with Crippen LogP contribution in [0.15, 0.2) is 64.4 Å². The number of aromatic nitrogens is 4. The minimum absolute atomic E-state index is 0.115. The van der Waals surface area contributed by atoms with Crippen LogP contribution >= 0.6 is 0 Å². The molecule has 0 unspecified atom stereocenters. The average Bonchev–Trinajstić information content (AvgIpc) is 3.17. The van der Waals surface area contributed by atoms with Crippen LogP contribution in [0.3, 0.4) is 0 Å². The molecule has 0 radical (unpaired) electrons. The Hall–Kier alpha value is -3.82. The molecule has 0 saturated heterocycles. The van der Waals surface area contributed by atoms with Crippen LogP contribution in [0.2, 0.25) is 0 Å². The second-order valence-electron chi connectivity index (χ2n) is 7.11. The van der Waals surface area contributed by atoms with Crippen LogP contribution in [0, 0.1) is 0 Å². The molecule has 0 atom stereocenters. The fourth-order valence-electron chi connectivity index (χ4n) is 3.56. The quantitative estimate of drug-likeness (QED) is 0.473. The number of alkyl halides is 3. The molecule has 2 aromatic heterocycles. The third-order valence-corrected chi connectivity index (χ3v) is 5.16. The van der Waals surface area contributed by atoms with Crippen molar-refractivity contribution < 1.29 is 17.9 Å². The molecule has 0 aliphatic rings. The molecule has 10 heteroatoms. The molecule has 4 rings (SSSR count). The number of rotatable bonds is 5. The number of nitrogens with zero attached hydrogens (tertiary/aromatic N) is 4. The predicted octanol–water partition coefficient (Wildman–Crippen LogP) is 3.44. The lowest BCUT2D eigenvalue weighted by atomic mass is 10.1. The maximum absolute atomic E-state index is 13.1. The Labute approximate surface area is 179 Å². The second-order valence-corrected chi connectivity index (χ2v) is 7.11. The van der Waals surface area contributed by atoms with E-state index in [4.69, 9.17) is 4.74 Å². The largest absolute Gasteiger partial charge is 0.497 e.